The second-order valence-corrected chi connectivity index (χ2v) is 9.63. The van der Waals surface area contributed by atoms with Crippen molar-refractivity contribution < 1.29 is 28.9 Å². The fraction of sp³-hybridized carbons (Fsp3) is 0.583. The maximum atomic E-state index is 13.2. The molecule has 2 bridgehead atoms. The smallest absolute Gasteiger partial charge is 0.304 e. The van der Waals surface area contributed by atoms with E-state index < -0.39 is 12.3 Å². The number of esters is 1. The number of phenols is 1. The van der Waals surface area contributed by atoms with Gasteiger partial charge in [-0.05, 0) is 36.9 Å². The summed E-state index contributed by atoms with van der Waals surface area (Å²) in [5, 5.41) is 11.2. The molecule has 32 heavy (non-hydrogen) atoms. The molecule has 170 valence electrons. The first-order valence-electron chi connectivity index (χ1n) is 11.3. The average Bonchev–Trinajstić information content (AvgIpc) is 3.22. The number of ether oxygens (including phenoxy) is 3. The van der Waals surface area contributed by atoms with Crippen molar-refractivity contribution in [3.05, 3.63) is 29.3 Å². The number of methoxy groups -OCH3 is 1. The number of aromatic hydroxyl groups is 1. The summed E-state index contributed by atoms with van der Waals surface area (Å²) in [6, 6.07) is 3.77. The Hall–Kier alpha value is -2.58. The van der Waals surface area contributed by atoms with E-state index in [1.54, 1.807) is 11.0 Å². The number of hydrogen-bond acceptors (Lipinski definition) is 7. The standard InChI is InChI=1S/C24H28N2O6/c1-12(27)26-20-16(4-5-17(30-3)21(20)29)24-7-8-25-11-14-6-9-31-23(32-13(2)28)19(22(24)26)15(14)10-18(24)25/h4-6,15,18-19,22-23,29H,7-11H2,1-3H3/t15-,18-,19+,22-,23-,24?/m0/s1. The summed E-state index contributed by atoms with van der Waals surface area (Å²) in [5.41, 5.74) is 2.47. The summed E-state index contributed by atoms with van der Waals surface area (Å²) in [6.45, 7) is 5.10. The molecule has 8 heteroatoms. The number of benzene rings is 1. The third-order valence-electron chi connectivity index (χ3n) is 8.44. The van der Waals surface area contributed by atoms with Gasteiger partial charge in [0.2, 0.25) is 12.2 Å². The van der Waals surface area contributed by atoms with Gasteiger partial charge in [0, 0.05) is 31.8 Å². The first-order chi connectivity index (χ1) is 15.4. The van der Waals surface area contributed by atoms with Crippen LogP contribution in [0.25, 0.3) is 0 Å². The summed E-state index contributed by atoms with van der Waals surface area (Å²) >= 11 is 0. The van der Waals surface area contributed by atoms with Gasteiger partial charge in [-0.25, -0.2) is 0 Å². The number of anilines is 1. The van der Waals surface area contributed by atoms with E-state index in [9.17, 15) is 14.7 Å². The number of nitrogens with zero attached hydrogens (tertiary/aromatic N) is 2. The van der Waals surface area contributed by atoms with Crippen LogP contribution in [0.5, 0.6) is 11.5 Å². The maximum Gasteiger partial charge on any atom is 0.304 e. The summed E-state index contributed by atoms with van der Waals surface area (Å²) in [6.07, 6.45) is 3.17. The van der Waals surface area contributed by atoms with Crippen LogP contribution in [-0.2, 0) is 24.5 Å². The van der Waals surface area contributed by atoms with Crippen LogP contribution in [0, 0.1) is 11.8 Å². The van der Waals surface area contributed by atoms with E-state index in [2.05, 4.69) is 11.0 Å². The molecule has 4 aliphatic heterocycles. The number of hydrogen-bond donors (Lipinski definition) is 1. The molecule has 5 aliphatic rings. The van der Waals surface area contributed by atoms with Gasteiger partial charge in [0.25, 0.3) is 0 Å². The van der Waals surface area contributed by atoms with Crippen LogP contribution >= 0.6 is 0 Å². The zero-order valence-electron chi connectivity index (χ0n) is 18.5. The molecule has 0 radical (unpaired) electrons. The highest BCUT2D eigenvalue weighted by Crippen LogP contribution is 2.66. The minimum atomic E-state index is -0.749. The number of carbonyl (C=O) groups is 2. The topological polar surface area (TPSA) is 88.5 Å². The van der Waals surface area contributed by atoms with Gasteiger partial charge in [-0.15, -0.1) is 0 Å². The van der Waals surface area contributed by atoms with Crippen LogP contribution < -0.4 is 9.64 Å². The normalized spacial score (nSPS) is 36.7. The Labute approximate surface area is 186 Å². The van der Waals surface area contributed by atoms with E-state index >= 15 is 0 Å². The highest BCUT2D eigenvalue weighted by Gasteiger charge is 2.70. The van der Waals surface area contributed by atoms with Gasteiger partial charge in [0.1, 0.15) is 0 Å². The fourth-order valence-corrected chi connectivity index (χ4v) is 7.49. The van der Waals surface area contributed by atoms with Crippen molar-refractivity contribution in [3.8, 4) is 11.5 Å². The van der Waals surface area contributed by atoms with Crippen LogP contribution in [0.4, 0.5) is 5.69 Å². The lowest BCUT2D eigenvalue weighted by atomic mass is 9.55. The van der Waals surface area contributed by atoms with Crippen molar-refractivity contribution in [2.75, 3.05) is 31.7 Å². The monoisotopic (exact) mass is 440 g/mol. The third-order valence-corrected chi connectivity index (χ3v) is 8.44. The molecule has 2 saturated heterocycles. The molecule has 1 saturated carbocycles. The van der Waals surface area contributed by atoms with Gasteiger partial charge in [-0.2, -0.15) is 0 Å². The number of fused-ring (bicyclic) bond motifs is 2. The van der Waals surface area contributed by atoms with E-state index in [0.717, 1.165) is 31.5 Å². The zero-order chi connectivity index (χ0) is 22.4. The maximum absolute atomic E-state index is 13.2. The Morgan fingerprint density at radius 3 is 2.81 bits per heavy atom. The number of piperidine rings is 1. The van der Waals surface area contributed by atoms with Gasteiger partial charge in [0.15, 0.2) is 11.5 Å². The molecular formula is C24H28N2O6. The highest BCUT2D eigenvalue weighted by atomic mass is 16.7. The molecule has 0 aromatic heterocycles. The van der Waals surface area contributed by atoms with Crippen molar-refractivity contribution >= 4 is 17.6 Å². The van der Waals surface area contributed by atoms with E-state index in [1.165, 1.54) is 26.5 Å². The van der Waals surface area contributed by atoms with E-state index in [4.69, 9.17) is 14.2 Å². The third kappa shape index (κ3) is 2.34. The Morgan fingerprint density at radius 1 is 1.28 bits per heavy atom. The Morgan fingerprint density at radius 2 is 2.09 bits per heavy atom. The van der Waals surface area contributed by atoms with Gasteiger partial charge in [0.05, 0.1) is 31.4 Å². The largest absolute Gasteiger partial charge is 0.503 e. The van der Waals surface area contributed by atoms with Crippen molar-refractivity contribution in [2.24, 2.45) is 11.8 Å². The fourth-order valence-electron chi connectivity index (χ4n) is 7.49. The van der Waals surface area contributed by atoms with Crippen molar-refractivity contribution in [1.29, 1.82) is 0 Å². The lowest BCUT2D eigenvalue weighted by Gasteiger charge is -2.56. The average molecular weight is 440 g/mol. The molecule has 1 aromatic carbocycles. The van der Waals surface area contributed by atoms with Gasteiger partial charge in [-0.1, -0.05) is 17.7 Å². The molecule has 4 heterocycles. The summed E-state index contributed by atoms with van der Waals surface area (Å²) in [5.74, 6) is -0.270. The van der Waals surface area contributed by atoms with E-state index in [1.807, 2.05) is 6.07 Å². The van der Waals surface area contributed by atoms with Gasteiger partial charge >= 0.3 is 5.97 Å². The van der Waals surface area contributed by atoms with Crippen LogP contribution in [0.15, 0.2) is 23.8 Å². The van der Waals surface area contributed by atoms with Crippen molar-refractivity contribution in [3.63, 3.8) is 0 Å². The minimum Gasteiger partial charge on any atom is -0.503 e. The van der Waals surface area contributed by atoms with Crippen LogP contribution in [0.1, 0.15) is 32.3 Å². The molecule has 1 aromatic rings. The van der Waals surface area contributed by atoms with E-state index in [-0.39, 0.29) is 41.0 Å². The predicted molar refractivity (Wildman–Crippen MR) is 114 cm³/mol. The molecular weight excluding hydrogens is 412 g/mol. The molecule has 1 aliphatic carbocycles. The number of carbonyl (C=O) groups excluding carboxylic acids is 2. The Bertz CT molecular complexity index is 1050. The second-order valence-electron chi connectivity index (χ2n) is 9.63. The quantitative estimate of drug-likeness (QED) is 0.555. The molecule has 1 amide bonds. The molecule has 6 rings (SSSR count). The van der Waals surface area contributed by atoms with Gasteiger partial charge < -0.3 is 24.2 Å². The molecule has 1 spiro atoms. The van der Waals surface area contributed by atoms with Crippen molar-refractivity contribution in [2.45, 2.75) is 50.5 Å². The molecule has 1 N–H and O–H groups in total. The molecule has 6 atom stereocenters. The molecule has 8 nitrogen and oxygen atoms in total. The predicted octanol–water partition coefficient (Wildman–Crippen LogP) is 1.94. The lowest BCUT2D eigenvalue weighted by Crippen LogP contribution is -2.66. The number of amides is 1. The second kappa shape index (κ2) is 6.71. The molecule has 1 unspecified atom stereocenters. The van der Waals surface area contributed by atoms with Crippen LogP contribution in [0.2, 0.25) is 0 Å². The van der Waals surface area contributed by atoms with Crippen LogP contribution in [0.3, 0.4) is 0 Å². The highest BCUT2D eigenvalue weighted by molar-refractivity contribution is 5.99. The number of phenolic OH excluding ortho intramolecular Hbond substituents is 1. The SMILES string of the molecule is COc1ccc2c(c1O)N(C(C)=O)[C@H]1[C@@H]3[C@H](OC(C)=O)OCC=C4CN5CCC21[C@@H]5C[C@@H]43. The summed E-state index contributed by atoms with van der Waals surface area (Å²) in [7, 11) is 1.51. The van der Waals surface area contributed by atoms with Gasteiger partial charge in [-0.3, -0.25) is 14.5 Å². The summed E-state index contributed by atoms with van der Waals surface area (Å²) < 4.78 is 17.2. The number of rotatable bonds is 2. The Kier molecular flexibility index (Phi) is 4.21. The first-order valence-corrected chi connectivity index (χ1v) is 11.3. The lowest BCUT2D eigenvalue weighted by molar-refractivity contribution is -0.197. The van der Waals surface area contributed by atoms with Crippen molar-refractivity contribution in [1.82, 2.24) is 4.90 Å². The summed E-state index contributed by atoms with van der Waals surface area (Å²) in [4.78, 5) is 29.5. The van der Waals surface area contributed by atoms with E-state index in [0.29, 0.717) is 18.0 Å². The first kappa shape index (κ1) is 20.1. The van der Waals surface area contributed by atoms with Crippen LogP contribution in [-0.4, -0.2) is 67.1 Å². The minimum absolute atomic E-state index is 0.00804. The zero-order valence-corrected chi connectivity index (χ0v) is 18.5. The molecule has 3 fully saturated rings. The Balaban J connectivity index is 1.62.